The number of esters is 2. The zero-order chi connectivity index (χ0) is 12.1. The summed E-state index contributed by atoms with van der Waals surface area (Å²) in [5.41, 5.74) is 1.74. The molecular weight excluding hydrogens is 212 g/mol. The molecule has 6 nitrogen and oxygen atoms in total. The summed E-state index contributed by atoms with van der Waals surface area (Å²) in [5.74, 6) is -1.24. The second kappa shape index (κ2) is 5.29. The van der Waals surface area contributed by atoms with Crippen LogP contribution in [0.1, 0.15) is 17.8 Å². The lowest BCUT2D eigenvalue weighted by molar-refractivity contribution is -0.155. The largest absolute Gasteiger partial charge is 0.469 e. The first-order valence-corrected chi connectivity index (χ1v) is 4.76. The molecule has 0 saturated heterocycles. The Morgan fingerprint density at radius 2 is 2.06 bits per heavy atom. The molecule has 0 aliphatic heterocycles. The third-order valence-electron chi connectivity index (χ3n) is 1.97. The van der Waals surface area contributed by atoms with Crippen LogP contribution in [0, 0.1) is 13.8 Å². The minimum Gasteiger partial charge on any atom is -0.469 e. The highest BCUT2D eigenvalue weighted by Crippen LogP contribution is 2.02. The average Bonchev–Trinajstić information content (AvgIpc) is 2.54. The van der Waals surface area contributed by atoms with E-state index in [0.29, 0.717) is 0 Å². The Bertz CT molecular complexity index is 398. The van der Waals surface area contributed by atoms with Crippen molar-refractivity contribution in [2.24, 2.45) is 0 Å². The predicted octanol–water partition coefficient (Wildman–Crippen LogP) is 0.564. The highest BCUT2D eigenvalue weighted by molar-refractivity contribution is 5.90. The van der Waals surface area contributed by atoms with E-state index in [1.807, 2.05) is 19.9 Å². The molecule has 0 N–H and O–H groups in total. The maximum atomic E-state index is 11.1. The van der Waals surface area contributed by atoms with E-state index < -0.39 is 11.9 Å². The summed E-state index contributed by atoms with van der Waals surface area (Å²) in [5, 5.41) is 4.10. The molecule has 0 aliphatic rings. The molecule has 88 valence electrons. The molecule has 1 aromatic rings. The third-order valence-corrected chi connectivity index (χ3v) is 1.97. The van der Waals surface area contributed by atoms with Crippen LogP contribution in [-0.4, -0.2) is 28.8 Å². The van der Waals surface area contributed by atoms with Gasteiger partial charge in [-0.25, -0.2) is 4.68 Å². The van der Waals surface area contributed by atoms with Crippen molar-refractivity contribution in [3.05, 3.63) is 17.5 Å². The van der Waals surface area contributed by atoms with E-state index in [4.69, 9.17) is 4.74 Å². The van der Waals surface area contributed by atoms with Crippen LogP contribution in [0.15, 0.2) is 6.07 Å². The van der Waals surface area contributed by atoms with Crippen molar-refractivity contribution in [2.75, 3.05) is 7.11 Å². The van der Waals surface area contributed by atoms with Crippen molar-refractivity contribution in [1.82, 2.24) is 9.78 Å². The Hall–Kier alpha value is -1.85. The number of methoxy groups -OCH3 is 1. The quantitative estimate of drug-likeness (QED) is 0.554. The van der Waals surface area contributed by atoms with E-state index in [9.17, 15) is 9.59 Å². The number of aryl methyl sites for hydroxylation is 2. The molecule has 0 atom stereocenters. The fraction of sp³-hybridized carbons (Fsp3) is 0.500. The van der Waals surface area contributed by atoms with Gasteiger partial charge in [0.2, 0.25) is 0 Å². The van der Waals surface area contributed by atoms with Crippen molar-refractivity contribution < 1.29 is 19.1 Å². The minimum absolute atomic E-state index is 0.00943. The lowest BCUT2D eigenvalue weighted by Crippen LogP contribution is -2.15. The number of carbonyl (C=O) groups is 2. The highest BCUT2D eigenvalue weighted by Gasteiger charge is 2.11. The van der Waals surface area contributed by atoms with Crippen LogP contribution in [0.3, 0.4) is 0 Å². The average molecular weight is 226 g/mol. The number of hydrogen-bond donors (Lipinski definition) is 0. The minimum atomic E-state index is -0.626. The summed E-state index contributed by atoms with van der Waals surface area (Å²) in [4.78, 5) is 21.9. The maximum Gasteiger partial charge on any atom is 0.318 e. The molecule has 0 spiro atoms. The molecule has 0 saturated carbocycles. The number of carbonyl (C=O) groups excluding carboxylic acids is 2. The highest BCUT2D eigenvalue weighted by atomic mass is 16.6. The molecule has 0 bridgehead atoms. The van der Waals surface area contributed by atoms with Gasteiger partial charge in [-0.05, 0) is 19.9 Å². The Morgan fingerprint density at radius 1 is 1.38 bits per heavy atom. The van der Waals surface area contributed by atoms with E-state index >= 15 is 0 Å². The zero-order valence-corrected chi connectivity index (χ0v) is 9.52. The van der Waals surface area contributed by atoms with Crippen LogP contribution in [0.2, 0.25) is 0 Å². The first kappa shape index (κ1) is 12.2. The van der Waals surface area contributed by atoms with Crippen LogP contribution in [0.5, 0.6) is 0 Å². The normalized spacial score (nSPS) is 9.94. The Labute approximate surface area is 93.1 Å². The topological polar surface area (TPSA) is 70.4 Å². The van der Waals surface area contributed by atoms with E-state index in [1.165, 1.54) is 7.11 Å². The van der Waals surface area contributed by atoms with Crippen molar-refractivity contribution in [3.8, 4) is 0 Å². The van der Waals surface area contributed by atoms with Crippen molar-refractivity contribution in [1.29, 1.82) is 0 Å². The van der Waals surface area contributed by atoms with Crippen LogP contribution in [0.4, 0.5) is 0 Å². The lowest BCUT2D eigenvalue weighted by atomic mass is 10.4. The fourth-order valence-electron chi connectivity index (χ4n) is 1.18. The van der Waals surface area contributed by atoms with Gasteiger partial charge in [0, 0.05) is 5.69 Å². The number of hydrogen-bond acceptors (Lipinski definition) is 5. The second-order valence-electron chi connectivity index (χ2n) is 3.32. The van der Waals surface area contributed by atoms with Crippen molar-refractivity contribution >= 4 is 11.9 Å². The molecule has 1 aromatic heterocycles. The van der Waals surface area contributed by atoms with Gasteiger partial charge in [-0.3, -0.25) is 9.59 Å². The number of ether oxygens (including phenoxy) is 2. The van der Waals surface area contributed by atoms with Gasteiger partial charge in [0.1, 0.15) is 6.42 Å². The van der Waals surface area contributed by atoms with Crippen LogP contribution in [-0.2, 0) is 25.8 Å². The summed E-state index contributed by atoms with van der Waals surface area (Å²) in [7, 11) is 1.22. The van der Waals surface area contributed by atoms with E-state index in [2.05, 4.69) is 9.84 Å². The summed E-state index contributed by atoms with van der Waals surface area (Å²) in [6.07, 6.45) is -0.379. The molecule has 0 aliphatic carbocycles. The molecule has 0 amide bonds. The summed E-state index contributed by atoms with van der Waals surface area (Å²) < 4.78 is 10.7. The standard InChI is InChI=1S/C10H14N2O4/c1-7-4-8(2)12(11-7)6-16-10(14)5-9(13)15-3/h4H,5-6H2,1-3H3. The van der Waals surface area contributed by atoms with Gasteiger partial charge in [-0.1, -0.05) is 0 Å². The summed E-state index contributed by atoms with van der Waals surface area (Å²) in [6, 6.07) is 1.87. The number of aromatic nitrogens is 2. The second-order valence-corrected chi connectivity index (χ2v) is 3.32. The zero-order valence-electron chi connectivity index (χ0n) is 9.52. The monoisotopic (exact) mass is 226 g/mol. The van der Waals surface area contributed by atoms with Crippen molar-refractivity contribution in [3.63, 3.8) is 0 Å². The lowest BCUT2D eigenvalue weighted by Gasteiger charge is -2.05. The number of rotatable bonds is 4. The van der Waals surface area contributed by atoms with Gasteiger partial charge in [0.25, 0.3) is 0 Å². The number of nitrogens with zero attached hydrogens (tertiary/aromatic N) is 2. The van der Waals surface area contributed by atoms with Crippen LogP contribution >= 0.6 is 0 Å². The molecule has 16 heavy (non-hydrogen) atoms. The molecule has 0 unspecified atom stereocenters. The van der Waals surface area contributed by atoms with Crippen LogP contribution in [0.25, 0.3) is 0 Å². The molecule has 0 aromatic carbocycles. The van der Waals surface area contributed by atoms with Gasteiger partial charge in [-0.2, -0.15) is 5.10 Å². The molecular formula is C10H14N2O4. The third kappa shape index (κ3) is 3.38. The molecule has 6 heteroatoms. The first-order valence-electron chi connectivity index (χ1n) is 4.76. The molecule has 0 fully saturated rings. The van der Waals surface area contributed by atoms with Crippen molar-refractivity contribution in [2.45, 2.75) is 27.0 Å². The van der Waals surface area contributed by atoms with E-state index in [0.717, 1.165) is 11.4 Å². The maximum absolute atomic E-state index is 11.1. The van der Waals surface area contributed by atoms with Gasteiger partial charge in [0.05, 0.1) is 12.8 Å². The predicted molar refractivity (Wildman–Crippen MR) is 54.4 cm³/mol. The molecule has 1 heterocycles. The fourth-order valence-corrected chi connectivity index (χ4v) is 1.18. The Kier molecular flexibility index (Phi) is 4.04. The Morgan fingerprint density at radius 3 is 2.56 bits per heavy atom. The van der Waals surface area contributed by atoms with E-state index in [1.54, 1.807) is 4.68 Å². The van der Waals surface area contributed by atoms with E-state index in [-0.39, 0.29) is 13.2 Å². The molecule has 1 rings (SSSR count). The smallest absolute Gasteiger partial charge is 0.318 e. The van der Waals surface area contributed by atoms with Gasteiger partial charge >= 0.3 is 11.9 Å². The summed E-state index contributed by atoms with van der Waals surface area (Å²) >= 11 is 0. The molecule has 0 radical (unpaired) electrons. The summed E-state index contributed by atoms with van der Waals surface area (Å²) in [6.45, 7) is 3.71. The Balaban J connectivity index is 2.43. The van der Waals surface area contributed by atoms with Crippen LogP contribution < -0.4 is 0 Å². The van der Waals surface area contributed by atoms with Gasteiger partial charge < -0.3 is 9.47 Å². The SMILES string of the molecule is COC(=O)CC(=O)OCn1nc(C)cc1C. The van der Waals surface area contributed by atoms with Gasteiger partial charge in [-0.15, -0.1) is 0 Å². The van der Waals surface area contributed by atoms with Gasteiger partial charge in [0.15, 0.2) is 6.73 Å². The first-order chi connectivity index (χ1) is 7.52.